The van der Waals surface area contributed by atoms with Gasteiger partial charge in [0.25, 0.3) is 5.91 Å². The number of carbonyl (C=O) groups is 2. The van der Waals surface area contributed by atoms with Crippen LogP contribution in [0.5, 0.6) is 11.5 Å². The Bertz CT molecular complexity index is 1150. The normalized spacial score (nSPS) is 12.1. The fourth-order valence-electron chi connectivity index (χ4n) is 3.81. The van der Waals surface area contributed by atoms with E-state index in [9.17, 15) is 9.59 Å². The van der Waals surface area contributed by atoms with Crippen LogP contribution >= 0.6 is 22.9 Å². The highest BCUT2D eigenvalue weighted by Gasteiger charge is 2.24. The van der Waals surface area contributed by atoms with Crippen LogP contribution in [0.3, 0.4) is 0 Å². The number of hydrogen-bond donors (Lipinski definition) is 0. The highest BCUT2D eigenvalue weighted by Crippen LogP contribution is 2.33. The highest BCUT2D eigenvalue weighted by molar-refractivity contribution is 7.09. The van der Waals surface area contributed by atoms with Gasteiger partial charge < -0.3 is 19.3 Å². The molecule has 0 aliphatic carbocycles. The first-order valence-corrected chi connectivity index (χ1v) is 12.4. The largest absolute Gasteiger partial charge is 0.454 e. The second-order valence-corrected chi connectivity index (χ2v) is 10.1. The average molecular weight is 499 g/mol. The van der Waals surface area contributed by atoms with Crippen LogP contribution in [0.25, 0.3) is 0 Å². The summed E-state index contributed by atoms with van der Waals surface area (Å²) in [6, 6.07) is 16.5. The van der Waals surface area contributed by atoms with E-state index < -0.39 is 0 Å². The molecule has 0 fully saturated rings. The molecule has 34 heavy (non-hydrogen) atoms. The second-order valence-electron chi connectivity index (χ2n) is 8.61. The molecule has 6 nitrogen and oxygen atoms in total. The van der Waals surface area contributed by atoms with Crippen molar-refractivity contribution in [2.24, 2.45) is 5.92 Å². The first-order chi connectivity index (χ1) is 16.4. The van der Waals surface area contributed by atoms with E-state index in [0.717, 1.165) is 10.4 Å². The van der Waals surface area contributed by atoms with Gasteiger partial charge in [-0.2, -0.15) is 0 Å². The quantitative estimate of drug-likeness (QED) is 0.393. The summed E-state index contributed by atoms with van der Waals surface area (Å²) >= 11 is 7.70. The molecule has 0 spiro atoms. The van der Waals surface area contributed by atoms with Gasteiger partial charge in [-0.1, -0.05) is 43.6 Å². The number of fused-ring (bicyclic) bond motifs is 1. The van der Waals surface area contributed by atoms with Crippen molar-refractivity contribution in [3.8, 4) is 11.5 Å². The van der Waals surface area contributed by atoms with Crippen molar-refractivity contribution in [3.63, 3.8) is 0 Å². The monoisotopic (exact) mass is 498 g/mol. The Balaban J connectivity index is 1.55. The third-order valence-corrected chi connectivity index (χ3v) is 6.46. The number of benzene rings is 2. The summed E-state index contributed by atoms with van der Waals surface area (Å²) in [4.78, 5) is 31.3. The number of ether oxygens (including phenoxy) is 2. The van der Waals surface area contributed by atoms with Crippen LogP contribution in [0.4, 0.5) is 0 Å². The molecule has 0 N–H and O–H groups in total. The Morgan fingerprint density at radius 2 is 1.82 bits per heavy atom. The molecule has 8 heteroatoms. The van der Waals surface area contributed by atoms with Gasteiger partial charge in [-0.3, -0.25) is 9.59 Å². The molecule has 1 aromatic heterocycles. The number of thiophene rings is 1. The summed E-state index contributed by atoms with van der Waals surface area (Å²) in [7, 11) is 0. The molecule has 0 saturated carbocycles. The van der Waals surface area contributed by atoms with Gasteiger partial charge in [0.15, 0.2) is 11.5 Å². The van der Waals surface area contributed by atoms with Crippen LogP contribution < -0.4 is 9.47 Å². The van der Waals surface area contributed by atoms with Crippen LogP contribution in [-0.4, -0.2) is 41.5 Å². The predicted octanol–water partition coefficient (Wildman–Crippen LogP) is 5.46. The second kappa shape index (κ2) is 10.9. The van der Waals surface area contributed by atoms with Crippen molar-refractivity contribution in [3.05, 3.63) is 81.0 Å². The summed E-state index contributed by atoms with van der Waals surface area (Å²) in [5.74, 6) is 1.26. The SMILES string of the molecule is CC(C)CN(CC(=O)N(Cc1ccc2c(c1)OCO2)Cc1cccs1)C(=O)c1cccc(Cl)c1. The van der Waals surface area contributed by atoms with Gasteiger partial charge in [0.05, 0.1) is 6.54 Å². The lowest BCUT2D eigenvalue weighted by Crippen LogP contribution is -2.43. The molecule has 0 unspecified atom stereocenters. The van der Waals surface area contributed by atoms with E-state index in [1.807, 2.05) is 49.6 Å². The molecule has 0 atom stereocenters. The third-order valence-electron chi connectivity index (χ3n) is 5.36. The van der Waals surface area contributed by atoms with Crippen molar-refractivity contribution in [1.29, 1.82) is 0 Å². The van der Waals surface area contributed by atoms with E-state index in [-0.39, 0.29) is 31.1 Å². The number of carbonyl (C=O) groups excluding carboxylic acids is 2. The van der Waals surface area contributed by atoms with E-state index in [1.54, 1.807) is 45.4 Å². The first kappa shape index (κ1) is 24.1. The van der Waals surface area contributed by atoms with Gasteiger partial charge in [0, 0.05) is 28.6 Å². The van der Waals surface area contributed by atoms with Crippen molar-refractivity contribution in [1.82, 2.24) is 9.80 Å². The Morgan fingerprint density at radius 1 is 1.00 bits per heavy atom. The minimum Gasteiger partial charge on any atom is -0.454 e. The smallest absolute Gasteiger partial charge is 0.254 e. The molecule has 0 radical (unpaired) electrons. The van der Waals surface area contributed by atoms with Crippen LogP contribution in [0.2, 0.25) is 5.02 Å². The molecule has 3 aromatic rings. The maximum absolute atomic E-state index is 13.6. The minimum atomic E-state index is -0.205. The Hall–Kier alpha value is -3.03. The number of rotatable bonds is 9. The van der Waals surface area contributed by atoms with Gasteiger partial charge >= 0.3 is 0 Å². The molecular formula is C26H27ClN2O4S. The Labute approximate surface area is 208 Å². The zero-order valence-corrected chi connectivity index (χ0v) is 20.8. The minimum absolute atomic E-state index is 0.0144. The summed E-state index contributed by atoms with van der Waals surface area (Å²) in [6.07, 6.45) is 0. The molecule has 2 aromatic carbocycles. The van der Waals surface area contributed by atoms with Crippen LogP contribution in [-0.2, 0) is 17.9 Å². The molecule has 1 aliphatic heterocycles. The molecule has 4 rings (SSSR count). The number of hydrogen-bond acceptors (Lipinski definition) is 5. The molecule has 2 heterocycles. The third kappa shape index (κ3) is 6.10. The van der Waals surface area contributed by atoms with Crippen molar-refractivity contribution < 1.29 is 19.1 Å². The number of halogens is 1. The molecule has 0 saturated heterocycles. The van der Waals surface area contributed by atoms with E-state index in [0.29, 0.717) is 41.7 Å². The van der Waals surface area contributed by atoms with Crippen molar-refractivity contribution in [2.75, 3.05) is 19.9 Å². The maximum Gasteiger partial charge on any atom is 0.254 e. The zero-order chi connectivity index (χ0) is 24.1. The van der Waals surface area contributed by atoms with Gasteiger partial charge in [-0.15, -0.1) is 11.3 Å². The Morgan fingerprint density at radius 3 is 2.56 bits per heavy atom. The van der Waals surface area contributed by atoms with Crippen LogP contribution in [0.15, 0.2) is 60.0 Å². The van der Waals surface area contributed by atoms with E-state index in [1.165, 1.54) is 0 Å². The standard InChI is InChI=1S/C26H27ClN2O4S/c1-18(2)13-29(26(31)20-5-3-6-21(27)12-20)16-25(30)28(15-22-7-4-10-34-22)14-19-8-9-23-24(11-19)33-17-32-23/h3-12,18H,13-17H2,1-2H3. The topological polar surface area (TPSA) is 59.1 Å². The van der Waals surface area contributed by atoms with Crippen molar-refractivity contribution >= 4 is 34.8 Å². The molecule has 2 amide bonds. The highest BCUT2D eigenvalue weighted by atomic mass is 35.5. The summed E-state index contributed by atoms with van der Waals surface area (Å²) in [6.45, 7) is 5.57. The number of amides is 2. The summed E-state index contributed by atoms with van der Waals surface area (Å²) in [5, 5.41) is 2.48. The summed E-state index contributed by atoms with van der Waals surface area (Å²) < 4.78 is 10.9. The van der Waals surface area contributed by atoms with Crippen LogP contribution in [0.1, 0.15) is 34.6 Å². The lowest BCUT2D eigenvalue weighted by Gasteiger charge is -2.29. The molecular weight excluding hydrogens is 472 g/mol. The maximum atomic E-state index is 13.6. The average Bonchev–Trinajstić information content (AvgIpc) is 3.49. The molecule has 1 aliphatic rings. The lowest BCUT2D eigenvalue weighted by molar-refractivity contribution is -0.133. The fraction of sp³-hybridized carbons (Fsp3) is 0.308. The van der Waals surface area contributed by atoms with Gasteiger partial charge in [-0.05, 0) is 53.3 Å². The zero-order valence-electron chi connectivity index (χ0n) is 19.2. The fourth-order valence-corrected chi connectivity index (χ4v) is 4.72. The van der Waals surface area contributed by atoms with E-state index >= 15 is 0 Å². The van der Waals surface area contributed by atoms with E-state index in [4.69, 9.17) is 21.1 Å². The Kier molecular flexibility index (Phi) is 7.75. The molecule has 178 valence electrons. The first-order valence-electron chi connectivity index (χ1n) is 11.1. The summed E-state index contributed by atoms with van der Waals surface area (Å²) in [5.41, 5.74) is 1.41. The van der Waals surface area contributed by atoms with Gasteiger partial charge in [0.2, 0.25) is 12.7 Å². The van der Waals surface area contributed by atoms with Gasteiger partial charge in [0.1, 0.15) is 6.54 Å². The lowest BCUT2D eigenvalue weighted by atomic mass is 10.1. The number of nitrogens with zero attached hydrogens (tertiary/aromatic N) is 2. The predicted molar refractivity (Wildman–Crippen MR) is 133 cm³/mol. The van der Waals surface area contributed by atoms with Crippen molar-refractivity contribution in [2.45, 2.75) is 26.9 Å². The molecule has 0 bridgehead atoms. The van der Waals surface area contributed by atoms with E-state index in [2.05, 4.69) is 0 Å². The van der Waals surface area contributed by atoms with Crippen LogP contribution in [0, 0.1) is 5.92 Å². The van der Waals surface area contributed by atoms with Gasteiger partial charge in [-0.25, -0.2) is 0 Å².